The van der Waals surface area contributed by atoms with Gasteiger partial charge in [-0.25, -0.2) is 0 Å². The summed E-state index contributed by atoms with van der Waals surface area (Å²) in [7, 11) is 0. The van der Waals surface area contributed by atoms with E-state index >= 15 is 0 Å². The lowest BCUT2D eigenvalue weighted by atomic mass is 10.2. The summed E-state index contributed by atoms with van der Waals surface area (Å²) in [6.45, 7) is 0.422. The summed E-state index contributed by atoms with van der Waals surface area (Å²) in [5.74, 6) is -0.00624. The van der Waals surface area contributed by atoms with Crippen molar-refractivity contribution in [2.45, 2.75) is 44.4 Å². The summed E-state index contributed by atoms with van der Waals surface area (Å²) in [5.41, 5.74) is 0.350. The highest BCUT2D eigenvalue weighted by Gasteiger charge is 2.41. The van der Waals surface area contributed by atoms with Gasteiger partial charge in [-0.1, -0.05) is 29.3 Å². The Morgan fingerprint density at radius 1 is 1.22 bits per heavy atom. The highest BCUT2D eigenvalue weighted by atomic mass is 79.9. The molecule has 1 N–H and O–H groups in total. The molecule has 1 aromatic carbocycles. The predicted molar refractivity (Wildman–Crippen MR) is 118 cm³/mol. The summed E-state index contributed by atoms with van der Waals surface area (Å²) in [6, 6.07) is 6.78. The van der Waals surface area contributed by atoms with Crippen molar-refractivity contribution in [3.05, 3.63) is 61.9 Å². The third-order valence-corrected chi connectivity index (χ3v) is 6.34. The number of carbonyl (C=O) groups is 1. The lowest BCUT2D eigenvalue weighted by Crippen LogP contribution is -2.17. The second-order valence-corrected chi connectivity index (χ2v) is 9.11. The van der Waals surface area contributed by atoms with Crippen molar-refractivity contribution in [2.24, 2.45) is 0 Å². The normalized spacial score (nSPS) is 14.1. The van der Waals surface area contributed by atoms with Crippen LogP contribution in [-0.2, 0) is 24.1 Å². The maximum Gasteiger partial charge on any atom is 0.436 e. The fourth-order valence-electron chi connectivity index (χ4n) is 3.31. The molecule has 0 atom stereocenters. The Morgan fingerprint density at radius 2 is 1.97 bits per heavy atom. The number of nitrogens with one attached hydrogen (secondary N) is 1. The number of anilines is 1. The van der Waals surface area contributed by atoms with Gasteiger partial charge in [0, 0.05) is 34.6 Å². The molecule has 1 aliphatic carbocycles. The molecule has 0 spiro atoms. The molecule has 1 aliphatic rings. The molecule has 0 radical (unpaired) electrons. The molecule has 1 saturated carbocycles. The number of hydrogen-bond donors (Lipinski definition) is 1. The Labute approximate surface area is 199 Å². The summed E-state index contributed by atoms with van der Waals surface area (Å²) < 4.78 is 42.5. The van der Waals surface area contributed by atoms with Gasteiger partial charge in [-0.3, -0.25) is 14.2 Å². The maximum absolute atomic E-state index is 13.2. The fourth-order valence-corrected chi connectivity index (χ4v) is 4.61. The summed E-state index contributed by atoms with van der Waals surface area (Å²) in [6.07, 6.45) is -1.30. The number of carbonyl (C=O) groups excluding carboxylic acids is 1. The van der Waals surface area contributed by atoms with Crippen molar-refractivity contribution in [2.75, 3.05) is 5.32 Å². The number of aryl methyl sites for hydroxylation is 1. The molecule has 12 heteroatoms. The average Bonchev–Trinajstić information content (AvgIpc) is 3.34. The van der Waals surface area contributed by atoms with Crippen LogP contribution >= 0.6 is 39.1 Å². The molecule has 0 aliphatic heterocycles. The number of halogens is 6. The fraction of sp³-hybridized carbons (Fsp3) is 0.350. The molecule has 0 saturated heterocycles. The van der Waals surface area contributed by atoms with E-state index in [1.165, 1.54) is 4.68 Å². The van der Waals surface area contributed by atoms with Gasteiger partial charge >= 0.3 is 6.18 Å². The number of nitrogens with zero attached hydrogens (tertiary/aromatic N) is 4. The van der Waals surface area contributed by atoms with Crippen molar-refractivity contribution in [1.29, 1.82) is 0 Å². The monoisotopic (exact) mass is 549 g/mol. The Kier molecular flexibility index (Phi) is 6.56. The van der Waals surface area contributed by atoms with Gasteiger partial charge in [0.25, 0.3) is 0 Å². The molecular weight excluding hydrogens is 534 g/mol. The lowest BCUT2D eigenvalue weighted by Gasteiger charge is -2.07. The van der Waals surface area contributed by atoms with Gasteiger partial charge in [0.2, 0.25) is 5.91 Å². The number of alkyl halides is 3. The first-order valence-corrected chi connectivity index (χ1v) is 11.3. The van der Waals surface area contributed by atoms with Crippen LogP contribution in [0.5, 0.6) is 0 Å². The molecule has 1 amide bonds. The molecule has 0 unspecified atom stereocenters. The zero-order valence-corrected chi connectivity index (χ0v) is 19.6. The SMILES string of the molecule is O=C(CCn1nc(C(F)(F)F)c(Br)c1C1CC1)Nc1ccn(Cc2ccc(Cl)cc2Cl)n1. The van der Waals surface area contributed by atoms with Crippen molar-refractivity contribution in [1.82, 2.24) is 19.6 Å². The van der Waals surface area contributed by atoms with Crippen molar-refractivity contribution in [3.63, 3.8) is 0 Å². The molecule has 3 aromatic rings. The molecule has 0 bridgehead atoms. The van der Waals surface area contributed by atoms with Crippen LogP contribution in [-0.4, -0.2) is 25.5 Å². The first-order chi connectivity index (χ1) is 15.1. The summed E-state index contributed by atoms with van der Waals surface area (Å²) in [5, 5.41) is 11.7. The number of amides is 1. The number of rotatable bonds is 7. The summed E-state index contributed by atoms with van der Waals surface area (Å²) >= 11 is 15.1. The van der Waals surface area contributed by atoms with E-state index in [0.717, 1.165) is 18.4 Å². The molecule has 32 heavy (non-hydrogen) atoms. The van der Waals surface area contributed by atoms with Gasteiger partial charge in [-0.05, 0) is 46.5 Å². The van der Waals surface area contributed by atoms with Gasteiger partial charge in [-0.15, -0.1) is 0 Å². The topological polar surface area (TPSA) is 64.7 Å². The largest absolute Gasteiger partial charge is 0.436 e. The van der Waals surface area contributed by atoms with Gasteiger partial charge < -0.3 is 5.32 Å². The number of hydrogen-bond acceptors (Lipinski definition) is 3. The van der Waals surface area contributed by atoms with Gasteiger partial charge in [0.15, 0.2) is 11.5 Å². The molecule has 170 valence electrons. The predicted octanol–water partition coefficient (Wildman–Crippen LogP) is 6.12. The second-order valence-electron chi connectivity index (χ2n) is 7.48. The van der Waals surface area contributed by atoms with Crippen LogP contribution in [0.4, 0.5) is 19.0 Å². The van der Waals surface area contributed by atoms with E-state index in [0.29, 0.717) is 28.1 Å². The molecule has 2 aromatic heterocycles. The second kappa shape index (κ2) is 9.07. The van der Waals surface area contributed by atoms with Crippen LogP contribution in [0.1, 0.15) is 42.1 Å². The highest BCUT2D eigenvalue weighted by Crippen LogP contribution is 2.47. The van der Waals surface area contributed by atoms with Crippen molar-refractivity contribution in [3.8, 4) is 0 Å². The van der Waals surface area contributed by atoms with Crippen LogP contribution in [0, 0.1) is 0 Å². The third-order valence-electron chi connectivity index (χ3n) is 4.97. The van der Waals surface area contributed by atoms with Gasteiger partial charge in [0.1, 0.15) is 0 Å². The van der Waals surface area contributed by atoms with Crippen LogP contribution < -0.4 is 5.32 Å². The smallest absolute Gasteiger partial charge is 0.309 e. The van der Waals surface area contributed by atoms with Crippen LogP contribution in [0.25, 0.3) is 0 Å². The standard InChI is InChI=1S/C20H17BrCl2F3N5O/c21-17-18(11-1-2-11)31(29-19(17)20(24,25)26)8-6-16(32)27-15-5-7-30(28-15)10-12-3-4-13(22)9-14(12)23/h3-5,7,9,11H,1-2,6,8,10H2,(H,27,28,32). The maximum atomic E-state index is 13.2. The van der Waals surface area contributed by atoms with E-state index in [1.807, 2.05) is 0 Å². The lowest BCUT2D eigenvalue weighted by molar-refractivity contribution is -0.142. The molecular formula is C20H17BrCl2F3N5O. The van der Waals surface area contributed by atoms with E-state index in [9.17, 15) is 18.0 Å². The minimum Gasteiger partial charge on any atom is -0.309 e. The summed E-state index contributed by atoms with van der Waals surface area (Å²) in [4.78, 5) is 12.4. The number of aromatic nitrogens is 4. The van der Waals surface area contributed by atoms with Crippen molar-refractivity contribution < 1.29 is 18.0 Å². The van der Waals surface area contributed by atoms with E-state index in [2.05, 4.69) is 31.4 Å². The van der Waals surface area contributed by atoms with Gasteiger partial charge in [-0.2, -0.15) is 23.4 Å². The van der Waals surface area contributed by atoms with Crippen LogP contribution in [0.2, 0.25) is 10.0 Å². The molecule has 6 nitrogen and oxygen atoms in total. The number of benzene rings is 1. The Balaban J connectivity index is 1.38. The van der Waals surface area contributed by atoms with Crippen molar-refractivity contribution >= 4 is 50.9 Å². The Morgan fingerprint density at radius 3 is 2.62 bits per heavy atom. The molecule has 2 heterocycles. The van der Waals surface area contributed by atoms with E-state index in [1.54, 1.807) is 35.1 Å². The zero-order valence-electron chi connectivity index (χ0n) is 16.5. The van der Waals surface area contributed by atoms with E-state index < -0.39 is 11.9 Å². The van der Waals surface area contributed by atoms with E-state index in [-0.39, 0.29) is 29.3 Å². The average molecular weight is 551 g/mol. The third kappa shape index (κ3) is 5.29. The first-order valence-electron chi connectivity index (χ1n) is 9.72. The minimum atomic E-state index is -4.56. The van der Waals surface area contributed by atoms with Crippen LogP contribution in [0.15, 0.2) is 34.9 Å². The molecule has 1 fully saturated rings. The minimum absolute atomic E-state index is 0.0337. The Hall–Kier alpha value is -2.04. The Bertz CT molecular complexity index is 1160. The quantitative estimate of drug-likeness (QED) is 0.385. The van der Waals surface area contributed by atoms with Crippen LogP contribution in [0.3, 0.4) is 0 Å². The van der Waals surface area contributed by atoms with E-state index in [4.69, 9.17) is 23.2 Å². The first kappa shape index (κ1) is 23.1. The molecule has 4 rings (SSSR count). The van der Waals surface area contributed by atoms with Gasteiger partial charge in [0.05, 0.1) is 23.3 Å². The zero-order chi connectivity index (χ0) is 23.0. The highest BCUT2D eigenvalue weighted by molar-refractivity contribution is 9.10.